The first kappa shape index (κ1) is 17.5. The van der Waals surface area contributed by atoms with Crippen molar-refractivity contribution in [3.05, 3.63) is 23.3 Å². The zero-order valence-electron chi connectivity index (χ0n) is 15.0. The lowest BCUT2D eigenvalue weighted by Crippen LogP contribution is -2.52. The van der Waals surface area contributed by atoms with Crippen molar-refractivity contribution in [3.63, 3.8) is 0 Å². The van der Waals surface area contributed by atoms with Gasteiger partial charge in [0.1, 0.15) is 17.6 Å². The van der Waals surface area contributed by atoms with Crippen LogP contribution in [0.5, 0.6) is 11.5 Å². The molecule has 3 rings (SSSR count). The smallest absolute Gasteiger partial charge is 0.124 e. The average Bonchev–Trinajstić information content (AvgIpc) is 2.94. The van der Waals surface area contributed by atoms with E-state index in [4.69, 9.17) is 14.2 Å². The molecule has 1 saturated heterocycles. The van der Waals surface area contributed by atoms with Crippen LogP contribution < -0.4 is 9.47 Å². The minimum atomic E-state index is -0.213. The van der Waals surface area contributed by atoms with Gasteiger partial charge in [0.15, 0.2) is 0 Å². The zero-order valence-corrected chi connectivity index (χ0v) is 15.0. The predicted molar refractivity (Wildman–Crippen MR) is 92.7 cm³/mol. The van der Waals surface area contributed by atoms with Crippen molar-refractivity contribution in [2.75, 3.05) is 33.5 Å². The summed E-state index contributed by atoms with van der Waals surface area (Å²) in [6.07, 6.45) is 2.86. The number of rotatable bonds is 6. The van der Waals surface area contributed by atoms with Crippen molar-refractivity contribution in [1.82, 2.24) is 4.90 Å². The third-order valence-electron chi connectivity index (χ3n) is 5.31. The Morgan fingerprint density at radius 1 is 1.33 bits per heavy atom. The van der Waals surface area contributed by atoms with Crippen molar-refractivity contribution < 1.29 is 19.3 Å². The quantitative estimate of drug-likeness (QED) is 0.865. The number of aliphatic hydroxyl groups is 1. The number of fused-ring (bicyclic) bond motifs is 1. The Kier molecular flexibility index (Phi) is 5.33. The van der Waals surface area contributed by atoms with Gasteiger partial charge in [-0.15, -0.1) is 0 Å². The standard InChI is InChI=1S/C19H29NO4/c1-4-23-17-10-15-9-14(2)24-18(15)11-16(17)12-20(3)19(13-21)5-7-22-8-6-19/h10-11,14,21H,4-9,12-13H2,1-3H3. The predicted octanol–water partition coefficient (Wildman–Crippen LogP) is 2.38. The molecule has 0 aliphatic carbocycles. The lowest BCUT2D eigenvalue weighted by atomic mass is 9.88. The second kappa shape index (κ2) is 7.30. The fourth-order valence-electron chi connectivity index (χ4n) is 3.73. The van der Waals surface area contributed by atoms with Crippen molar-refractivity contribution in [2.24, 2.45) is 0 Å². The summed E-state index contributed by atoms with van der Waals surface area (Å²) < 4.78 is 17.3. The van der Waals surface area contributed by atoms with Crippen LogP contribution in [-0.2, 0) is 17.7 Å². The molecule has 5 nitrogen and oxygen atoms in total. The molecule has 0 amide bonds. The maximum Gasteiger partial charge on any atom is 0.124 e. The van der Waals surface area contributed by atoms with Gasteiger partial charge in [0.2, 0.25) is 0 Å². The molecule has 0 radical (unpaired) electrons. The van der Waals surface area contributed by atoms with Crippen LogP contribution in [0, 0.1) is 0 Å². The molecule has 2 aliphatic heterocycles. The molecule has 0 bridgehead atoms. The van der Waals surface area contributed by atoms with E-state index in [1.165, 1.54) is 5.56 Å². The summed E-state index contributed by atoms with van der Waals surface area (Å²) in [6, 6.07) is 4.24. The Bertz CT molecular complexity index is 569. The van der Waals surface area contributed by atoms with Gasteiger partial charge in [-0.25, -0.2) is 0 Å². The topological polar surface area (TPSA) is 51.2 Å². The second-order valence-corrected chi connectivity index (χ2v) is 6.98. The molecule has 1 N–H and O–H groups in total. The SMILES string of the molecule is CCOc1cc2c(cc1CN(C)C1(CO)CCOCC1)OC(C)C2. The van der Waals surface area contributed by atoms with Crippen molar-refractivity contribution in [1.29, 1.82) is 0 Å². The van der Waals surface area contributed by atoms with E-state index >= 15 is 0 Å². The van der Waals surface area contributed by atoms with Crippen LogP contribution in [-0.4, -0.2) is 55.1 Å². The van der Waals surface area contributed by atoms with Crippen molar-refractivity contribution in [3.8, 4) is 11.5 Å². The molecule has 1 aromatic rings. The molecule has 5 heteroatoms. The molecule has 1 fully saturated rings. The Morgan fingerprint density at radius 2 is 2.08 bits per heavy atom. The van der Waals surface area contributed by atoms with Gasteiger partial charge < -0.3 is 19.3 Å². The number of aliphatic hydroxyl groups excluding tert-OH is 1. The highest BCUT2D eigenvalue weighted by Crippen LogP contribution is 2.37. The average molecular weight is 335 g/mol. The van der Waals surface area contributed by atoms with Gasteiger partial charge in [0.05, 0.1) is 13.2 Å². The summed E-state index contributed by atoms with van der Waals surface area (Å²) in [6.45, 7) is 7.02. The monoisotopic (exact) mass is 335 g/mol. The molecule has 0 aromatic heterocycles. The van der Waals surface area contributed by atoms with Gasteiger partial charge >= 0.3 is 0 Å². The number of ether oxygens (including phenoxy) is 3. The van der Waals surface area contributed by atoms with Crippen molar-refractivity contribution in [2.45, 2.75) is 51.3 Å². The highest BCUT2D eigenvalue weighted by atomic mass is 16.5. The van der Waals surface area contributed by atoms with Crippen LogP contribution in [0.25, 0.3) is 0 Å². The fourth-order valence-corrected chi connectivity index (χ4v) is 3.73. The molecule has 1 aromatic carbocycles. The molecule has 24 heavy (non-hydrogen) atoms. The molecule has 134 valence electrons. The van der Waals surface area contributed by atoms with Crippen LogP contribution in [0.1, 0.15) is 37.8 Å². The normalized spacial score (nSPS) is 22.3. The third-order valence-corrected chi connectivity index (χ3v) is 5.31. The summed E-state index contributed by atoms with van der Waals surface area (Å²) >= 11 is 0. The van der Waals surface area contributed by atoms with Gasteiger partial charge in [0.25, 0.3) is 0 Å². The molecule has 1 unspecified atom stereocenters. The Labute approximate surface area is 144 Å². The molecule has 2 heterocycles. The van der Waals surface area contributed by atoms with Gasteiger partial charge in [-0.2, -0.15) is 0 Å². The van der Waals surface area contributed by atoms with Crippen LogP contribution in [0.3, 0.4) is 0 Å². The van der Waals surface area contributed by atoms with Gasteiger partial charge in [-0.3, -0.25) is 4.90 Å². The van der Waals surface area contributed by atoms with E-state index in [0.29, 0.717) is 19.8 Å². The highest BCUT2D eigenvalue weighted by molar-refractivity contribution is 5.48. The molecular formula is C19H29NO4. The van der Waals surface area contributed by atoms with Crippen LogP contribution in [0.4, 0.5) is 0 Å². The van der Waals surface area contributed by atoms with Gasteiger partial charge in [-0.1, -0.05) is 0 Å². The first-order valence-corrected chi connectivity index (χ1v) is 8.93. The summed E-state index contributed by atoms with van der Waals surface area (Å²) in [4.78, 5) is 2.25. The van der Waals surface area contributed by atoms with E-state index < -0.39 is 0 Å². The van der Waals surface area contributed by atoms with Gasteiger partial charge in [-0.05, 0) is 45.9 Å². The Morgan fingerprint density at radius 3 is 2.75 bits per heavy atom. The second-order valence-electron chi connectivity index (χ2n) is 6.98. The summed E-state index contributed by atoms with van der Waals surface area (Å²) in [5.74, 6) is 1.90. The molecule has 0 saturated carbocycles. The highest BCUT2D eigenvalue weighted by Gasteiger charge is 2.36. The number of benzene rings is 1. The van der Waals surface area contributed by atoms with Crippen LogP contribution >= 0.6 is 0 Å². The van der Waals surface area contributed by atoms with E-state index in [0.717, 1.165) is 42.9 Å². The molecular weight excluding hydrogens is 306 g/mol. The first-order valence-electron chi connectivity index (χ1n) is 8.93. The Balaban J connectivity index is 1.84. The maximum absolute atomic E-state index is 10.00. The van der Waals surface area contributed by atoms with E-state index in [-0.39, 0.29) is 18.2 Å². The minimum Gasteiger partial charge on any atom is -0.494 e. The van der Waals surface area contributed by atoms with Gasteiger partial charge in [0, 0.05) is 42.8 Å². The summed E-state index contributed by atoms with van der Waals surface area (Å²) in [5.41, 5.74) is 2.13. The largest absolute Gasteiger partial charge is 0.494 e. The Hall–Kier alpha value is -1.30. The number of hydrogen-bond acceptors (Lipinski definition) is 5. The molecule has 2 aliphatic rings. The lowest BCUT2D eigenvalue weighted by molar-refractivity contribution is -0.0495. The van der Waals surface area contributed by atoms with E-state index in [2.05, 4.69) is 31.0 Å². The van der Waals surface area contributed by atoms with E-state index in [1.807, 2.05) is 6.92 Å². The zero-order chi connectivity index (χ0) is 17.2. The maximum atomic E-state index is 10.00. The fraction of sp³-hybridized carbons (Fsp3) is 0.684. The number of hydrogen-bond donors (Lipinski definition) is 1. The van der Waals surface area contributed by atoms with Crippen LogP contribution in [0.2, 0.25) is 0 Å². The van der Waals surface area contributed by atoms with E-state index in [1.54, 1.807) is 0 Å². The van der Waals surface area contributed by atoms with E-state index in [9.17, 15) is 5.11 Å². The van der Waals surface area contributed by atoms with Crippen LogP contribution in [0.15, 0.2) is 12.1 Å². The minimum absolute atomic E-state index is 0.148. The molecule has 0 spiro atoms. The summed E-state index contributed by atoms with van der Waals surface area (Å²) in [5, 5.41) is 10.00. The summed E-state index contributed by atoms with van der Waals surface area (Å²) in [7, 11) is 2.08. The number of nitrogens with zero attached hydrogens (tertiary/aromatic N) is 1. The number of likely N-dealkylation sites (N-methyl/N-ethyl adjacent to an activating group) is 1. The molecule has 1 atom stereocenters. The first-order chi connectivity index (χ1) is 11.6. The van der Waals surface area contributed by atoms with Crippen molar-refractivity contribution >= 4 is 0 Å². The third kappa shape index (κ3) is 3.39. The lowest BCUT2D eigenvalue weighted by Gasteiger charge is -2.43.